The maximum Gasteiger partial charge on any atom is 0.324 e. The molecule has 0 atom stereocenters. The molecule has 10 heteroatoms. The number of benzene rings is 1. The van der Waals surface area contributed by atoms with E-state index < -0.39 is 31.3 Å². The quantitative estimate of drug-likeness (QED) is 0.666. The summed E-state index contributed by atoms with van der Waals surface area (Å²) in [6, 6.07) is 2.93. The van der Waals surface area contributed by atoms with E-state index in [-0.39, 0.29) is 6.54 Å². The Balaban J connectivity index is 2.34. The molecule has 0 radical (unpaired) electrons. The van der Waals surface area contributed by atoms with Crippen LogP contribution < -0.4 is 4.72 Å². The third kappa shape index (κ3) is 3.23. The van der Waals surface area contributed by atoms with Gasteiger partial charge in [-0.25, -0.2) is 18.1 Å². The van der Waals surface area contributed by atoms with Crippen LogP contribution in [-0.4, -0.2) is 18.3 Å². The summed E-state index contributed by atoms with van der Waals surface area (Å²) in [7, 11) is -4.20. The summed E-state index contributed by atoms with van der Waals surface area (Å²) in [5.74, 6) is -1.20. The Kier molecular flexibility index (Phi) is 4.30. The number of nitro benzene ring substituents is 1. The van der Waals surface area contributed by atoms with Crippen molar-refractivity contribution in [1.82, 2.24) is 9.71 Å². The largest absolute Gasteiger partial charge is 0.324 e. The highest BCUT2D eigenvalue weighted by Crippen LogP contribution is 2.26. The number of aromatic nitrogens is 1. The van der Waals surface area contributed by atoms with Crippen molar-refractivity contribution in [3.63, 3.8) is 0 Å². The Morgan fingerprint density at radius 3 is 2.76 bits per heavy atom. The monoisotopic (exact) mass is 331 g/mol. The molecule has 0 bridgehead atoms. The Hall–Kier alpha value is -1.91. The average molecular weight is 331 g/mol. The summed E-state index contributed by atoms with van der Waals surface area (Å²) < 4.78 is 39.9. The summed E-state index contributed by atoms with van der Waals surface area (Å²) in [5, 5.41) is 10.8. The third-order valence-corrected chi connectivity index (χ3v) is 5.06. The van der Waals surface area contributed by atoms with Crippen molar-refractivity contribution in [2.75, 3.05) is 0 Å². The van der Waals surface area contributed by atoms with E-state index in [2.05, 4.69) is 9.71 Å². The summed E-state index contributed by atoms with van der Waals surface area (Å²) in [6.45, 7) is 1.65. The fraction of sp³-hybridized carbons (Fsp3) is 0.182. The van der Waals surface area contributed by atoms with Gasteiger partial charge in [-0.1, -0.05) is 6.07 Å². The molecule has 1 aromatic heterocycles. The molecule has 0 aliphatic heterocycles. The maximum absolute atomic E-state index is 13.5. The van der Waals surface area contributed by atoms with Gasteiger partial charge in [0.1, 0.15) is 0 Å². The molecule has 2 rings (SSSR count). The van der Waals surface area contributed by atoms with Crippen LogP contribution in [0.15, 0.2) is 28.6 Å². The Labute approximate surface area is 123 Å². The number of nitro groups is 1. The van der Waals surface area contributed by atoms with Crippen molar-refractivity contribution in [3.8, 4) is 0 Å². The normalized spacial score (nSPS) is 11.5. The van der Waals surface area contributed by atoms with Crippen LogP contribution in [0.2, 0.25) is 0 Å². The van der Waals surface area contributed by atoms with Crippen LogP contribution in [0, 0.1) is 22.9 Å². The molecule has 1 heterocycles. The molecule has 0 unspecified atom stereocenters. The van der Waals surface area contributed by atoms with E-state index in [0.29, 0.717) is 10.6 Å². The predicted octanol–water partition coefficient (Wildman–Crippen LogP) is 1.98. The van der Waals surface area contributed by atoms with Crippen molar-refractivity contribution in [2.45, 2.75) is 18.4 Å². The Bertz CT molecular complexity index is 789. The first-order chi connectivity index (χ1) is 9.83. The Morgan fingerprint density at radius 1 is 1.48 bits per heavy atom. The van der Waals surface area contributed by atoms with Gasteiger partial charge in [-0.05, 0) is 19.1 Å². The van der Waals surface area contributed by atoms with Gasteiger partial charge >= 0.3 is 5.69 Å². The zero-order valence-corrected chi connectivity index (χ0v) is 12.4. The van der Waals surface area contributed by atoms with Crippen molar-refractivity contribution in [1.29, 1.82) is 0 Å². The molecule has 0 amide bonds. The van der Waals surface area contributed by atoms with E-state index in [1.807, 2.05) is 0 Å². The number of hydrogen-bond acceptors (Lipinski definition) is 6. The van der Waals surface area contributed by atoms with E-state index in [1.54, 1.807) is 12.4 Å². The second-order valence-corrected chi connectivity index (χ2v) is 6.70. The summed E-state index contributed by atoms with van der Waals surface area (Å²) in [5.41, 5.74) is 1.16. The van der Waals surface area contributed by atoms with Crippen LogP contribution in [0.4, 0.5) is 10.1 Å². The number of para-hydroxylation sites is 1. The minimum Gasteiger partial charge on any atom is -0.258 e. The van der Waals surface area contributed by atoms with E-state index in [1.165, 1.54) is 11.3 Å². The van der Waals surface area contributed by atoms with Gasteiger partial charge in [-0.15, -0.1) is 11.3 Å². The van der Waals surface area contributed by atoms with E-state index in [4.69, 9.17) is 0 Å². The summed E-state index contributed by atoms with van der Waals surface area (Å²) in [6.07, 6.45) is 0. The van der Waals surface area contributed by atoms with Crippen molar-refractivity contribution in [3.05, 3.63) is 50.2 Å². The second kappa shape index (κ2) is 5.84. The number of rotatable bonds is 5. The van der Waals surface area contributed by atoms with Crippen molar-refractivity contribution in [2.24, 2.45) is 0 Å². The SMILES string of the molecule is Cc1ncsc1CNS(=O)(=O)c1cccc(F)c1[N+](=O)[O-]. The van der Waals surface area contributed by atoms with Gasteiger partial charge in [0.05, 0.1) is 16.1 Å². The smallest absolute Gasteiger partial charge is 0.258 e. The van der Waals surface area contributed by atoms with Crippen LogP contribution in [-0.2, 0) is 16.6 Å². The van der Waals surface area contributed by atoms with Crippen molar-refractivity contribution >= 4 is 27.0 Å². The van der Waals surface area contributed by atoms with Gasteiger partial charge < -0.3 is 0 Å². The van der Waals surface area contributed by atoms with Crippen molar-refractivity contribution < 1.29 is 17.7 Å². The number of sulfonamides is 1. The lowest BCUT2D eigenvalue weighted by Gasteiger charge is -2.07. The van der Waals surface area contributed by atoms with Gasteiger partial charge in [0.25, 0.3) is 0 Å². The predicted molar refractivity (Wildman–Crippen MR) is 73.9 cm³/mol. The lowest BCUT2D eigenvalue weighted by Crippen LogP contribution is -2.24. The number of nitrogens with one attached hydrogen (secondary N) is 1. The molecule has 0 saturated heterocycles. The Morgan fingerprint density at radius 2 is 2.19 bits per heavy atom. The topological polar surface area (TPSA) is 102 Å². The lowest BCUT2D eigenvalue weighted by atomic mass is 10.3. The van der Waals surface area contributed by atoms with Crippen LogP contribution >= 0.6 is 11.3 Å². The number of hydrogen-bond donors (Lipinski definition) is 1. The van der Waals surface area contributed by atoms with Crippen LogP contribution in [0.1, 0.15) is 10.6 Å². The molecular weight excluding hydrogens is 321 g/mol. The molecule has 0 fully saturated rings. The van der Waals surface area contributed by atoms with Gasteiger partial charge in [0.15, 0.2) is 4.90 Å². The van der Waals surface area contributed by atoms with Gasteiger partial charge in [-0.3, -0.25) is 10.1 Å². The molecular formula is C11H10FN3O4S2. The zero-order chi connectivity index (χ0) is 15.6. The fourth-order valence-electron chi connectivity index (χ4n) is 1.62. The molecule has 2 aromatic rings. The van der Waals surface area contributed by atoms with E-state index in [9.17, 15) is 22.9 Å². The third-order valence-electron chi connectivity index (χ3n) is 2.69. The highest BCUT2D eigenvalue weighted by Gasteiger charge is 2.29. The van der Waals surface area contributed by atoms with E-state index >= 15 is 0 Å². The number of aryl methyl sites for hydroxylation is 1. The molecule has 0 spiro atoms. The molecule has 1 N–H and O–H groups in total. The molecule has 0 aliphatic carbocycles. The lowest BCUT2D eigenvalue weighted by molar-refractivity contribution is -0.390. The fourth-order valence-corrected chi connectivity index (χ4v) is 3.61. The molecule has 21 heavy (non-hydrogen) atoms. The number of halogens is 1. The maximum atomic E-state index is 13.5. The molecule has 1 aromatic carbocycles. The first kappa shape index (κ1) is 15.5. The summed E-state index contributed by atoms with van der Waals surface area (Å²) in [4.78, 5) is 13.7. The van der Waals surface area contributed by atoms with Gasteiger partial charge in [0, 0.05) is 11.4 Å². The zero-order valence-electron chi connectivity index (χ0n) is 10.7. The summed E-state index contributed by atoms with van der Waals surface area (Å²) >= 11 is 1.25. The highest BCUT2D eigenvalue weighted by atomic mass is 32.2. The molecule has 112 valence electrons. The molecule has 7 nitrogen and oxygen atoms in total. The number of thiazole rings is 1. The minimum atomic E-state index is -4.20. The van der Waals surface area contributed by atoms with Crippen LogP contribution in [0.25, 0.3) is 0 Å². The van der Waals surface area contributed by atoms with Gasteiger partial charge in [0.2, 0.25) is 15.8 Å². The average Bonchev–Trinajstić information content (AvgIpc) is 2.81. The number of nitrogens with zero attached hydrogens (tertiary/aromatic N) is 2. The second-order valence-electron chi connectivity index (χ2n) is 4.03. The first-order valence-corrected chi connectivity index (χ1v) is 8.00. The van der Waals surface area contributed by atoms with E-state index in [0.717, 1.165) is 18.2 Å². The molecule has 0 aliphatic rings. The van der Waals surface area contributed by atoms with Crippen LogP contribution in [0.3, 0.4) is 0 Å². The highest BCUT2D eigenvalue weighted by molar-refractivity contribution is 7.89. The van der Waals surface area contributed by atoms with Crippen LogP contribution in [0.5, 0.6) is 0 Å². The first-order valence-electron chi connectivity index (χ1n) is 5.64. The minimum absolute atomic E-state index is 0.0630. The van der Waals surface area contributed by atoms with Gasteiger partial charge in [-0.2, -0.15) is 4.39 Å². The molecule has 0 saturated carbocycles. The standard InChI is InChI=1S/C11H10FN3O4S2/c1-7-9(20-6-13-7)5-14-21(18,19)10-4-2-3-8(12)11(10)15(16)17/h2-4,6,14H,5H2,1H3.